The maximum atomic E-state index is 12.6. The molecule has 1 aliphatic heterocycles. The number of ether oxygens (including phenoxy) is 1. The van der Waals surface area contributed by atoms with Crippen molar-refractivity contribution >= 4 is 17.5 Å². The molecule has 5 nitrogen and oxygen atoms in total. The molecule has 0 bridgehead atoms. The molecule has 0 aromatic heterocycles. The van der Waals surface area contributed by atoms with Crippen molar-refractivity contribution in [1.29, 1.82) is 5.26 Å². The monoisotopic (exact) mass is 282 g/mol. The molecule has 0 radical (unpaired) electrons. The summed E-state index contributed by atoms with van der Waals surface area (Å²) in [5.41, 5.74) is 0.537. The van der Waals surface area contributed by atoms with E-state index in [1.54, 1.807) is 18.2 Å². The maximum absolute atomic E-state index is 12.6. The minimum atomic E-state index is -0.320. The molecule has 1 fully saturated rings. The van der Waals surface area contributed by atoms with E-state index in [-0.39, 0.29) is 34.9 Å². The van der Waals surface area contributed by atoms with Crippen molar-refractivity contribution in [3.05, 3.63) is 35.9 Å². The lowest BCUT2D eigenvalue weighted by Gasteiger charge is -2.19. The summed E-state index contributed by atoms with van der Waals surface area (Å²) in [6.07, 6.45) is 5.01. The SMILES string of the molecule is COc1cccc(C#N)c1N1C(=O)[C@H]2CC=CC[C@H]2C1=O. The summed E-state index contributed by atoms with van der Waals surface area (Å²) in [6, 6.07) is 6.93. The molecule has 0 spiro atoms. The highest BCUT2D eigenvalue weighted by Crippen LogP contribution is 2.42. The Morgan fingerprint density at radius 2 is 1.81 bits per heavy atom. The van der Waals surface area contributed by atoms with Gasteiger partial charge in [-0.15, -0.1) is 0 Å². The molecule has 2 aliphatic rings. The van der Waals surface area contributed by atoms with Gasteiger partial charge >= 0.3 is 0 Å². The molecule has 2 atom stereocenters. The van der Waals surface area contributed by atoms with Gasteiger partial charge in [0.25, 0.3) is 0 Å². The first-order valence-electron chi connectivity index (χ1n) is 6.79. The van der Waals surface area contributed by atoms with Crippen molar-refractivity contribution in [2.45, 2.75) is 12.8 Å². The average molecular weight is 282 g/mol. The number of imide groups is 1. The van der Waals surface area contributed by atoms with Gasteiger partial charge in [-0.3, -0.25) is 9.59 Å². The Balaban J connectivity index is 2.12. The lowest BCUT2D eigenvalue weighted by atomic mass is 9.85. The highest BCUT2D eigenvalue weighted by atomic mass is 16.5. The Morgan fingerprint density at radius 1 is 1.19 bits per heavy atom. The third-order valence-corrected chi connectivity index (χ3v) is 4.07. The molecule has 1 saturated heterocycles. The molecule has 0 saturated carbocycles. The number of allylic oxidation sites excluding steroid dienone is 2. The molecule has 21 heavy (non-hydrogen) atoms. The predicted molar refractivity (Wildman–Crippen MR) is 75.6 cm³/mol. The third-order valence-electron chi connectivity index (χ3n) is 4.07. The fraction of sp³-hybridized carbons (Fsp3) is 0.312. The molecule has 1 aromatic rings. The van der Waals surface area contributed by atoms with Crippen LogP contribution in [-0.4, -0.2) is 18.9 Å². The Kier molecular flexibility index (Phi) is 3.22. The van der Waals surface area contributed by atoms with E-state index < -0.39 is 0 Å². The number of rotatable bonds is 2. The Labute approximate surface area is 122 Å². The van der Waals surface area contributed by atoms with Crippen molar-refractivity contribution in [2.75, 3.05) is 12.0 Å². The van der Waals surface area contributed by atoms with Gasteiger partial charge in [0.15, 0.2) is 0 Å². The van der Waals surface area contributed by atoms with Gasteiger partial charge in [-0.05, 0) is 25.0 Å². The minimum absolute atomic E-state index is 0.240. The average Bonchev–Trinajstić information content (AvgIpc) is 2.78. The van der Waals surface area contributed by atoms with Gasteiger partial charge in [0.2, 0.25) is 11.8 Å². The number of amides is 2. The van der Waals surface area contributed by atoms with Gasteiger partial charge in [0, 0.05) is 0 Å². The summed E-state index contributed by atoms with van der Waals surface area (Å²) in [5.74, 6) is -0.758. The second kappa shape index (κ2) is 5.06. The van der Waals surface area contributed by atoms with Crippen LogP contribution in [-0.2, 0) is 9.59 Å². The van der Waals surface area contributed by atoms with Crippen LogP contribution in [0.5, 0.6) is 5.75 Å². The van der Waals surface area contributed by atoms with E-state index >= 15 is 0 Å². The zero-order valence-corrected chi connectivity index (χ0v) is 11.6. The highest BCUT2D eigenvalue weighted by Gasteiger charge is 2.49. The summed E-state index contributed by atoms with van der Waals surface area (Å²) < 4.78 is 5.24. The first-order chi connectivity index (χ1) is 10.2. The number of nitrogens with zero attached hydrogens (tertiary/aromatic N) is 2. The Bertz CT molecular complexity index is 661. The first-order valence-corrected chi connectivity index (χ1v) is 6.79. The standard InChI is InChI=1S/C16H14N2O3/c1-21-13-8-4-5-10(9-17)14(13)18-15(19)11-6-2-3-7-12(11)16(18)20/h2-5,8,11-12H,6-7H2,1H3/t11-,12+. The van der Waals surface area contributed by atoms with Crippen LogP contribution in [0.3, 0.4) is 0 Å². The number of anilines is 1. The molecule has 1 aliphatic carbocycles. The number of benzene rings is 1. The number of hydrogen-bond acceptors (Lipinski definition) is 4. The van der Waals surface area contributed by atoms with E-state index in [1.807, 2.05) is 18.2 Å². The van der Waals surface area contributed by atoms with Crippen LogP contribution in [0.2, 0.25) is 0 Å². The minimum Gasteiger partial charge on any atom is -0.495 e. The van der Waals surface area contributed by atoms with E-state index in [4.69, 9.17) is 4.74 Å². The predicted octanol–water partition coefficient (Wildman–Crippen LogP) is 2.02. The highest BCUT2D eigenvalue weighted by molar-refractivity contribution is 6.23. The number of carbonyl (C=O) groups excluding carboxylic acids is 2. The van der Waals surface area contributed by atoms with Crippen LogP contribution in [0.15, 0.2) is 30.4 Å². The number of fused-ring (bicyclic) bond motifs is 1. The second-order valence-electron chi connectivity index (χ2n) is 5.14. The summed E-state index contributed by atoms with van der Waals surface area (Å²) in [7, 11) is 1.46. The summed E-state index contributed by atoms with van der Waals surface area (Å²) in [4.78, 5) is 26.3. The smallest absolute Gasteiger partial charge is 0.238 e. The largest absolute Gasteiger partial charge is 0.495 e. The van der Waals surface area contributed by atoms with Crippen LogP contribution in [0.1, 0.15) is 18.4 Å². The van der Waals surface area contributed by atoms with Gasteiger partial charge in [-0.25, -0.2) is 4.90 Å². The Morgan fingerprint density at radius 3 is 2.33 bits per heavy atom. The van der Waals surface area contributed by atoms with Crippen LogP contribution < -0.4 is 9.64 Å². The van der Waals surface area contributed by atoms with Crippen molar-refractivity contribution in [3.63, 3.8) is 0 Å². The van der Waals surface area contributed by atoms with E-state index in [2.05, 4.69) is 0 Å². The zero-order valence-electron chi connectivity index (χ0n) is 11.6. The van der Waals surface area contributed by atoms with Crippen molar-refractivity contribution < 1.29 is 14.3 Å². The lowest BCUT2D eigenvalue weighted by molar-refractivity contribution is -0.122. The summed E-state index contributed by atoms with van der Waals surface area (Å²) >= 11 is 0. The van der Waals surface area contributed by atoms with Gasteiger partial charge in [-0.2, -0.15) is 5.26 Å². The molecule has 0 N–H and O–H groups in total. The fourth-order valence-corrected chi connectivity index (χ4v) is 3.03. The molecule has 3 rings (SSSR count). The van der Waals surface area contributed by atoms with E-state index in [9.17, 15) is 14.9 Å². The molecular formula is C16H14N2O3. The van der Waals surface area contributed by atoms with Crippen molar-refractivity contribution in [1.82, 2.24) is 0 Å². The fourth-order valence-electron chi connectivity index (χ4n) is 3.03. The van der Waals surface area contributed by atoms with Crippen LogP contribution in [0.4, 0.5) is 5.69 Å². The molecule has 1 heterocycles. The molecule has 5 heteroatoms. The molecule has 2 amide bonds. The molecule has 106 valence electrons. The first kappa shape index (κ1) is 13.4. The molecular weight excluding hydrogens is 268 g/mol. The molecule has 1 aromatic carbocycles. The normalized spacial score (nSPS) is 23.9. The van der Waals surface area contributed by atoms with Crippen LogP contribution in [0.25, 0.3) is 0 Å². The molecule has 0 unspecified atom stereocenters. The topological polar surface area (TPSA) is 70.4 Å². The number of hydrogen-bond donors (Lipinski definition) is 0. The van der Waals surface area contributed by atoms with E-state index in [1.165, 1.54) is 7.11 Å². The number of nitriles is 1. The van der Waals surface area contributed by atoms with Crippen LogP contribution in [0, 0.1) is 23.2 Å². The van der Waals surface area contributed by atoms with Gasteiger partial charge in [0.1, 0.15) is 17.5 Å². The summed E-state index contributed by atoms with van der Waals surface area (Å²) in [5, 5.41) is 9.26. The summed E-state index contributed by atoms with van der Waals surface area (Å²) in [6.45, 7) is 0. The number of para-hydroxylation sites is 1. The van der Waals surface area contributed by atoms with Crippen molar-refractivity contribution in [2.24, 2.45) is 11.8 Å². The third kappa shape index (κ3) is 1.91. The van der Waals surface area contributed by atoms with Gasteiger partial charge in [-0.1, -0.05) is 18.2 Å². The number of methoxy groups -OCH3 is 1. The zero-order chi connectivity index (χ0) is 15.0. The second-order valence-corrected chi connectivity index (χ2v) is 5.14. The van der Waals surface area contributed by atoms with E-state index in [0.717, 1.165) is 4.90 Å². The van der Waals surface area contributed by atoms with Gasteiger partial charge < -0.3 is 4.74 Å². The quantitative estimate of drug-likeness (QED) is 0.614. The number of carbonyl (C=O) groups is 2. The lowest BCUT2D eigenvalue weighted by Crippen LogP contribution is -2.32. The maximum Gasteiger partial charge on any atom is 0.238 e. The van der Waals surface area contributed by atoms with E-state index in [0.29, 0.717) is 18.6 Å². The Hall–Kier alpha value is -2.61. The van der Waals surface area contributed by atoms with Crippen molar-refractivity contribution in [3.8, 4) is 11.8 Å². The van der Waals surface area contributed by atoms with Gasteiger partial charge in [0.05, 0.1) is 24.5 Å². The van der Waals surface area contributed by atoms with Crippen LogP contribution >= 0.6 is 0 Å².